The van der Waals surface area contributed by atoms with Crippen LogP contribution in [0, 0.1) is 25.2 Å². The van der Waals surface area contributed by atoms with Gasteiger partial charge < -0.3 is 9.30 Å². The SMILES string of the molecule is Cc1cc(/C=C(\C#N)C(=O)OCC(=O)c2ccc3c(c2)CCCC3)c(C)n1C1CC1. The molecule has 2 aromatic rings. The molecule has 0 amide bonds. The van der Waals surface area contributed by atoms with Crippen molar-refractivity contribution in [2.24, 2.45) is 0 Å². The van der Waals surface area contributed by atoms with E-state index in [1.807, 2.05) is 38.1 Å². The maximum absolute atomic E-state index is 12.5. The first-order valence-electron chi connectivity index (χ1n) is 10.6. The Bertz CT molecular complexity index is 1080. The molecule has 1 fully saturated rings. The van der Waals surface area contributed by atoms with Crippen molar-refractivity contribution in [3.8, 4) is 6.07 Å². The summed E-state index contributed by atoms with van der Waals surface area (Å²) in [6.45, 7) is 3.67. The zero-order chi connectivity index (χ0) is 21.3. The molecule has 1 heterocycles. The van der Waals surface area contributed by atoms with Gasteiger partial charge in [0.15, 0.2) is 12.4 Å². The van der Waals surface area contributed by atoms with E-state index in [0.717, 1.165) is 49.1 Å². The van der Waals surface area contributed by atoms with E-state index in [4.69, 9.17) is 4.74 Å². The fourth-order valence-electron chi connectivity index (χ4n) is 4.33. The third-order valence-electron chi connectivity index (χ3n) is 6.08. The van der Waals surface area contributed by atoms with Crippen molar-refractivity contribution < 1.29 is 14.3 Å². The molecule has 30 heavy (non-hydrogen) atoms. The van der Waals surface area contributed by atoms with Gasteiger partial charge in [0.25, 0.3) is 0 Å². The largest absolute Gasteiger partial charge is 0.453 e. The zero-order valence-electron chi connectivity index (χ0n) is 17.5. The summed E-state index contributed by atoms with van der Waals surface area (Å²) in [6.07, 6.45) is 8.25. The summed E-state index contributed by atoms with van der Waals surface area (Å²) in [5, 5.41) is 9.45. The van der Waals surface area contributed by atoms with Crippen LogP contribution in [0.1, 0.15) is 70.2 Å². The van der Waals surface area contributed by atoms with Crippen molar-refractivity contribution >= 4 is 17.8 Å². The standard InChI is InChI=1S/C25H26N2O3/c1-16-11-21(17(2)27(16)23-9-10-23)13-22(14-26)25(29)30-15-24(28)20-8-7-18-5-3-4-6-19(18)12-20/h7-8,11-13,23H,3-6,9-10,15H2,1-2H3/b22-13+. The molecule has 0 saturated heterocycles. The second kappa shape index (κ2) is 8.31. The minimum Gasteiger partial charge on any atom is -0.453 e. The molecule has 154 valence electrons. The molecule has 0 N–H and O–H groups in total. The van der Waals surface area contributed by atoms with Gasteiger partial charge in [-0.3, -0.25) is 4.79 Å². The van der Waals surface area contributed by atoms with Crippen molar-refractivity contribution in [1.29, 1.82) is 5.26 Å². The lowest BCUT2D eigenvalue weighted by Crippen LogP contribution is -2.16. The molecule has 1 aromatic carbocycles. The van der Waals surface area contributed by atoms with Gasteiger partial charge in [-0.2, -0.15) is 5.26 Å². The Morgan fingerprint density at radius 2 is 1.90 bits per heavy atom. The number of nitriles is 1. The van der Waals surface area contributed by atoms with Crippen molar-refractivity contribution in [3.05, 3.63) is 63.5 Å². The predicted octanol–water partition coefficient (Wildman–Crippen LogP) is 4.65. The van der Waals surface area contributed by atoms with Crippen LogP contribution < -0.4 is 0 Å². The van der Waals surface area contributed by atoms with Gasteiger partial charge in [-0.05, 0) is 87.3 Å². The van der Waals surface area contributed by atoms with Crippen LogP contribution >= 0.6 is 0 Å². The van der Waals surface area contributed by atoms with Crippen molar-refractivity contribution in [1.82, 2.24) is 4.57 Å². The summed E-state index contributed by atoms with van der Waals surface area (Å²) in [5.41, 5.74) is 5.97. The highest BCUT2D eigenvalue weighted by atomic mass is 16.5. The van der Waals surface area contributed by atoms with Crippen LogP contribution in [0.3, 0.4) is 0 Å². The Labute approximate surface area is 177 Å². The Morgan fingerprint density at radius 3 is 2.60 bits per heavy atom. The number of nitrogens with zero attached hydrogens (tertiary/aromatic N) is 2. The topological polar surface area (TPSA) is 72.1 Å². The summed E-state index contributed by atoms with van der Waals surface area (Å²) in [4.78, 5) is 24.9. The van der Waals surface area contributed by atoms with Crippen LogP contribution in [0.2, 0.25) is 0 Å². The average molecular weight is 402 g/mol. The highest BCUT2D eigenvalue weighted by Gasteiger charge is 2.27. The number of aryl methyl sites for hydroxylation is 3. The molecule has 2 aliphatic rings. The van der Waals surface area contributed by atoms with E-state index in [9.17, 15) is 14.9 Å². The minimum atomic E-state index is -0.764. The number of aromatic nitrogens is 1. The number of benzene rings is 1. The van der Waals surface area contributed by atoms with Gasteiger partial charge in [0.2, 0.25) is 0 Å². The number of Topliss-reactive ketones (excluding diaryl/α,β-unsaturated/α-hetero) is 1. The fourth-order valence-corrected chi connectivity index (χ4v) is 4.33. The van der Waals surface area contributed by atoms with Gasteiger partial charge in [0.05, 0.1) is 0 Å². The summed E-state index contributed by atoms with van der Waals surface area (Å²) in [5.74, 6) is -1.01. The smallest absolute Gasteiger partial charge is 0.349 e. The van der Waals surface area contributed by atoms with Crippen LogP contribution in [0.25, 0.3) is 6.08 Å². The Kier molecular flexibility index (Phi) is 5.59. The lowest BCUT2D eigenvalue weighted by atomic mass is 9.90. The van der Waals surface area contributed by atoms with Gasteiger partial charge in [-0.1, -0.05) is 12.1 Å². The molecule has 0 unspecified atom stereocenters. The van der Waals surface area contributed by atoms with Crippen LogP contribution in [-0.4, -0.2) is 22.9 Å². The molecule has 0 spiro atoms. The van der Waals surface area contributed by atoms with Crippen LogP contribution in [0.15, 0.2) is 29.8 Å². The third kappa shape index (κ3) is 4.09. The lowest BCUT2D eigenvalue weighted by Gasteiger charge is -2.16. The second-order valence-corrected chi connectivity index (χ2v) is 8.29. The zero-order valence-corrected chi connectivity index (χ0v) is 17.5. The minimum absolute atomic E-state index is 0.0933. The first kappa shape index (κ1) is 20.2. The fraction of sp³-hybridized carbons (Fsp3) is 0.400. The molecule has 1 aromatic heterocycles. The van der Waals surface area contributed by atoms with Crippen molar-refractivity contribution in [2.45, 2.75) is 58.4 Å². The Hall–Kier alpha value is -3.13. The number of carbonyl (C=O) groups is 2. The molecule has 2 aliphatic carbocycles. The van der Waals surface area contributed by atoms with E-state index < -0.39 is 5.97 Å². The van der Waals surface area contributed by atoms with E-state index in [2.05, 4.69) is 4.57 Å². The summed E-state index contributed by atoms with van der Waals surface area (Å²) in [7, 11) is 0. The molecule has 0 bridgehead atoms. The van der Waals surface area contributed by atoms with E-state index in [1.165, 1.54) is 17.5 Å². The predicted molar refractivity (Wildman–Crippen MR) is 114 cm³/mol. The van der Waals surface area contributed by atoms with Crippen molar-refractivity contribution in [2.75, 3.05) is 6.61 Å². The first-order valence-corrected chi connectivity index (χ1v) is 10.6. The first-order chi connectivity index (χ1) is 14.5. The molecule has 1 saturated carbocycles. The summed E-state index contributed by atoms with van der Waals surface area (Å²) in [6, 6.07) is 10.1. The Balaban J connectivity index is 1.44. The number of ether oxygens (including phenoxy) is 1. The van der Waals surface area contributed by atoms with Crippen LogP contribution in [0.4, 0.5) is 0 Å². The Morgan fingerprint density at radius 1 is 1.17 bits per heavy atom. The van der Waals surface area contributed by atoms with E-state index >= 15 is 0 Å². The maximum atomic E-state index is 12.5. The van der Waals surface area contributed by atoms with Crippen molar-refractivity contribution in [3.63, 3.8) is 0 Å². The molecule has 5 heteroatoms. The number of ketones is 1. The lowest BCUT2D eigenvalue weighted by molar-refractivity contribution is -0.137. The molecule has 0 atom stereocenters. The molecule has 5 nitrogen and oxygen atoms in total. The number of carbonyl (C=O) groups excluding carboxylic acids is 2. The summed E-state index contributed by atoms with van der Waals surface area (Å²) >= 11 is 0. The molecule has 0 radical (unpaired) electrons. The monoisotopic (exact) mass is 402 g/mol. The third-order valence-corrected chi connectivity index (χ3v) is 6.08. The highest BCUT2D eigenvalue weighted by Crippen LogP contribution is 2.38. The molecular formula is C25H26N2O3. The number of fused-ring (bicyclic) bond motifs is 1. The van der Waals surface area contributed by atoms with Gasteiger partial charge in [0, 0.05) is 23.0 Å². The van der Waals surface area contributed by atoms with Gasteiger partial charge in [0.1, 0.15) is 11.6 Å². The summed E-state index contributed by atoms with van der Waals surface area (Å²) < 4.78 is 7.43. The molecule has 0 aliphatic heterocycles. The van der Waals surface area contributed by atoms with E-state index in [0.29, 0.717) is 11.6 Å². The average Bonchev–Trinajstić information content (AvgIpc) is 3.54. The number of hydrogen-bond donors (Lipinski definition) is 0. The molecule has 4 rings (SSSR count). The number of rotatable bonds is 6. The van der Waals surface area contributed by atoms with Crippen LogP contribution in [0.5, 0.6) is 0 Å². The number of hydrogen-bond acceptors (Lipinski definition) is 4. The van der Waals surface area contributed by atoms with E-state index in [1.54, 1.807) is 12.1 Å². The van der Waals surface area contributed by atoms with Gasteiger partial charge >= 0.3 is 5.97 Å². The van der Waals surface area contributed by atoms with Gasteiger partial charge in [-0.15, -0.1) is 0 Å². The van der Waals surface area contributed by atoms with Gasteiger partial charge in [-0.25, -0.2) is 4.79 Å². The highest BCUT2D eigenvalue weighted by molar-refractivity contribution is 6.02. The second-order valence-electron chi connectivity index (χ2n) is 8.29. The maximum Gasteiger partial charge on any atom is 0.349 e. The quantitative estimate of drug-likeness (QED) is 0.305. The number of esters is 1. The molecular weight excluding hydrogens is 376 g/mol. The van der Waals surface area contributed by atoms with Crippen LogP contribution in [-0.2, 0) is 22.4 Å². The van der Waals surface area contributed by atoms with E-state index in [-0.39, 0.29) is 18.0 Å². The normalized spacial score (nSPS) is 16.0.